The van der Waals surface area contributed by atoms with E-state index in [0.717, 1.165) is 49.0 Å². The van der Waals surface area contributed by atoms with Crippen molar-refractivity contribution in [3.05, 3.63) is 16.0 Å². The quantitative estimate of drug-likeness (QED) is 0.626. The highest BCUT2D eigenvalue weighted by Gasteiger charge is 2.51. The van der Waals surface area contributed by atoms with E-state index in [1.165, 1.54) is 43.4 Å². The van der Waals surface area contributed by atoms with Crippen LogP contribution in [0.4, 0.5) is 5.00 Å². The van der Waals surface area contributed by atoms with E-state index >= 15 is 0 Å². The number of carbonyl (C=O) groups is 2. The van der Waals surface area contributed by atoms with Gasteiger partial charge in [0.1, 0.15) is 5.00 Å². The smallest absolute Gasteiger partial charge is 0.251 e. The standard InChI is InChI=1S/C22H29N3O2S2/c23-19(27)18-15-3-1-2-4-16(15)29-20(18)25-21(28)24-17(26)11-22-8-12-5-13(9-22)7-14(6-12)10-22/h12-14H,1-11H2,(H2,23,27)(H2,24,25,26,28). The monoisotopic (exact) mass is 431 g/mol. The Balaban J connectivity index is 1.24. The van der Waals surface area contributed by atoms with Gasteiger partial charge in [-0.3, -0.25) is 9.59 Å². The molecule has 0 spiro atoms. The molecule has 0 unspecified atom stereocenters. The molecule has 5 aliphatic rings. The molecule has 0 radical (unpaired) electrons. The summed E-state index contributed by atoms with van der Waals surface area (Å²) in [4.78, 5) is 26.1. The predicted molar refractivity (Wildman–Crippen MR) is 119 cm³/mol. The topological polar surface area (TPSA) is 84.2 Å². The lowest BCUT2D eigenvalue weighted by Gasteiger charge is -2.56. The Morgan fingerprint density at radius 2 is 1.69 bits per heavy atom. The van der Waals surface area contributed by atoms with Crippen LogP contribution in [-0.2, 0) is 17.6 Å². The molecule has 0 aromatic carbocycles. The highest BCUT2D eigenvalue weighted by Crippen LogP contribution is 2.61. The molecule has 1 heterocycles. The highest BCUT2D eigenvalue weighted by atomic mass is 32.1. The van der Waals surface area contributed by atoms with E-state index in [9.17, 15) is 9.59 Å². The van der Waals surface area contributed by atoms with Crippen LogP contribution in [0.1, 0.15) is 78.6 Å². The van der Waals surface area contributed by atoms with Gasteiger partial charge in [0.25, 0.3) is 5.91 Å². The summed E-state index contributed by atoms with van der Waals surface area (Å²) in [6.07, 6.45) is 12.4. The van der Waals surface area contributed by atoms with Crippen LogP contribution in [0, 0.1) is 23.2 Å². The number of rotatable bonds is 4. The number of hydrogen-bond donors (Lipinski definition) is 3. The first-order chi connectivity index (χ1) is 13.9. The Morgan fingerprint density at radius 1 is 1.07 bits per heavy atom. The maximum absolute atomic E-state index is 12.8. The van der Waals surface area contributed by atoms with Crippen LogP contribution in [0.5, 0.6) is 0 Å². The molecule has 156 valence electrons. The fraction of sp³-hybridized carbons (Fsp3) is 0.682. The summed E-state index contributed by atoms with van der Waals surface area (Å²) in [7, 11) is 0. The maximum atomic E-state index is 12.8. The number of primary amides is 1. The first kappa shape index (κ1) is 19.5. The van der Waals surface area contributed by atoms with Crippen molar-refractivity contribution in [1.29, 1.82) is 0 Å². The average molecular weight is 432 g/mol. The molecule has 5 nitrogen and oxygen atoms in total. The summed E-state index contributed by atoms with van der Waals surface area (Å²) in [5.74, 6) is 2.07. The number of thiophene rings is 1. The summed E-state index contributed by atoms with van der Waals surface area (Å²) in [5, 5.41) is 6.95. The van der Waals surface area contributed by atoms with Gasteiger partial charge in [0.2, 0.25) is 5.91 Å². The van der Waals surface area contributed by atoms with Crippen molar-refractivity contribution in [2.75, 3.05) is 5.32 Å². The minimum atomic E-state index is -0.422. The SMILES string of the molecule is NC(=O)c1c(NC(=S)NC(=O)CC23CC4CC(CC(C4)C2)C3)sc2c1CCCC2. The van der Waals surface area contributed by atoms with Gasteiger partial charge in [-0.2, -0.15) is 0 Å². The first-order valence-electron chi connectivity index (χ1n) is 11.0. The highest BCUT2D eigenvalue weighted by molar-refractivity contribution is 7.80. The van der Waals surface area contributed by atoms with E-state index in [4.69, 9.17) is 18.0 Å². The minimum absolute atomic E-state index is 0.00592. The van der Waals surface area contributed by atoms with Crippen LogP contribution < -0.4 is 16.4 Å². The molecule has 29 heavy (non-hydrogen) atoms. The number of aryl methyl sites for hydroxylation is 1. The summed E-state index contributed by atoms with van der Waals surface area (Å²) in [6.45, 7) is 0. The lowest BCUT2D eigenvalue weighted by atomic mass is 9.49. The Labute approximate surface area is 181 Å². The number of nitrogens with two attached hydrogens (primary N) is 1. The Morgan fingerprint density at radius 3 is 2.31 bits per heavy atom. The molecule has 1 aromatic heterocycles. The van der Waals surface area contributed by atoms with E-state index in [1.807, 2.05) is 0 Å². The summed E-state index contributed by atoms with van der Waals surface area (Å²) in [5.41, 5.74) is 7.47. The van der Waals surface area contributed by atoms with Crippen LogP contribution in [0.25, 0.3) is 0 Å². The second-order valence-corrected chi connectivity index (χ2v) is 11.4. The van der Waals surface area contributed by atoms with Crippen molar-refractivity contribution >= 4 is 45.5 Å². The minimum Gasteiger partial charge on any atom is -0.365 e. The zero-order valence-electron chi connectivity index (χ0n) is 16.7. The third kappa shape index (κ3) is 3.72. The molecule has 5 aliphatic carbocycles. The van der Waals surface area contributed by atoms with Gasteiger partial charge in [-0.05, 0) is 105 Å². The number of carbonyl (C=O) groups excluding carboxylic acids is 2. The molecular formula is C22H29N3O2S2. The van der Waals surface area contributed by atoms with Crippen LogP contribution >= 0.6 is 23.6 Å². The van der Waals surface area contributed by atoms with E-state index < -0.39 is 5.91 Å². The molecular weight excluding hydrogens is 402 g/mol. The Bertz CT molecular complexity index is 840. The number of nitrogens with one attached hydrogen (secondary N) is 2. The zero-order chi connectivity index (χ0) is 20.2. The van der Waals surface area contributed by atoms with Crippen molar-refractivity contribution in [3.63, 3.8) is 0 Å². The van der Waals surface area contributed by atoms with Crippen molar-refractivity contribution in [2.24, 2.45) is 28.9 Å². The zero-order valence-corrected chi connectivity index (χ0v) is 18.4. The number of hydrogen-bond acceptors (Lipinski definition) is 4. The molecule has 4 fully saturated rings. The fourth-order valence-corrected chi connectivity index (χ4v) is 8.65. The molecule has 4 bridgehead atoms. The van der Waals surface area contributed by atoms with Gasteiger partial charge in [0, 0.05) is 11.3 Å². The number of amides is 2. The second kappa shape index (κ2) is 7.34. The van der Waals surface area contributed by atoms with Gasteiger partial charge >= 0.3 is 0 Å². The lowest BCUT2D eigenvalue weighted by Crippen LogP contribution is -2.48. The van der Waals surface area contributed by atoms with Crippen LogP contribution in [-0.4, -0.2) is 16.9 Å². The van der Waals surface area contributed by atoms with Gasteiger partial charge in [-0.1, -0.05) is 0 Å². The van der Waals surface area contributed by atoms with Crippen LogP contribution in [0.15, 0.2) is 0 Å². The molecule has 4 saturated carbocycles. The van der Waals surface area contributed by atoms with E-state index in [-0.39, 0.29) is 16.4 Å². The van der Waals surface area contributed by atoms with Crippen molar-refractivity contribution in [1.82, 2.24) is 5.32 Å². The summed E-state index contributed by atoms with van der Waals surface area (Å²) in [6, 6.07) is 0. The largest absolute Gasteiger partial charge is 0.365 e. The third-order valence-corrected chi connectivity index (χ3v) is 9.01. The van der Waals surface area contributed by atoms with Gasteiger partial charge in [-0.25, -0.2) is 0 Å². The molecule has 4 N–H and O–H groups in total. The molecule has 7 heteroatoms. The molecule has 0 aliphatic heterocycles. The van der Waals surface area contributed by atoms with Gasteiger partial charge in [0.15, 0.2) is 5.11 Å². The second-order valence-electron chi connectivity index (χ2n) is 9.88. The Kier molecular flexibility index (Phi) is 4.93. The van der Waals surface area contributed by atoms with E-state index in [1.54, 1.807) is 11.3 Å². The first-order valence-corrected chi connectivity index (χ1v) is 12.2. The lowest BCUT2D eigenvalue weighted by molar-refractivity contribution is -0.127. The van der Waals surface area contributed by atoms with E-state index in [0.29, 0.717) is 17.0 Å². The molecule has 0 atom stereocenters. The normalized spacial score (nSPS) is 31.9. The Hall–Kier alpha value is -1.47. The number of thiocarbonyl (C=S) groups is 1. The molecule has 0 saturated heterocycles. The van der Waals surface area contributed by atoms with Gasteiger partial charge in [0.05, 0.1) is 5.56 Å². The number of anilines is 1. The van der Waals surface area contributed by atoms with Crippen LogP contribution in [0.2, 0.25) is 0 Å². The summed E-state index contributed by atoms with van der Waals surface area (Å²) >= 11 is 6.97. The fourth-order valence-electron chi connectivity index (χ4n) is 7.07. The molecule has 1 aromatic rings. The molecule has 6 rings (SSSR count). The van der Waals surface area contributed by atoms with E-state index in [2.05, 4.69) is 10.6 Å². The van der Waals surface area contributed by atoms with Crippen LogP contribution in [0.3, 0.4) is 0 Å². The third-order valence-electron chi connectivity index (χ3n) is 7.60. The number of fused-ring (bicyclic) bond motifs is 1. The predicted octanol–water partition coefficient (Wildman–Crippen LogP) is 4.15. The van der Waals surface area contributed by atoms with Gasteiger partial charge in [-0.15, -0.1) is 11.3 Å². The average Bonchev–Trinajstić information content (AvgIpc) is 2.97. The maximum Gasteiger partial charge on any atom is 0.251 e. The van der Waals surface area contributed by atoms with Crippen molar-refractivity contribution < 1.29 is 9.59 Å². The van der Waals surface area contributed by atoms with Gasteiger partial charge < -0.3 is 16.4 Å². The van der Waals surface area contributed by atoms with Crippen molar-refractivity contribution in [3.8, 4) is 0 Å². The molecule has 2 amide bonds. The van der Waals surface area contributed by atoms with Crippen molar-refractivity contribution in [2.45, 2.75) is 70.6 Å². The summed E-state index contributed by atoms with van der Waals surface area (Å²) < 4.78 is 0.